The second-order valence-electron chi connectivity index (χ2n) is 4.52. The molecule has 0 amide bonds. The summed E-state index contributed by atoms with van der Waals surface area (Å²) in [6, 6.07) is 0. The molecule has 1 aromatic heterocycles. The van der Waals surface area contributed by atoms with Crippen molar-refractivity contribution in [3.05, 3.63) is 16.1 Å². The molecule has 1 aromatic rings. The number of hydrogen-bond acceptors (Lipinski definition) is 5. The van der Waals surface area contributed by atoms with Crippen molar-refractivity contribution in [1.29, 1.82) is 0 Å². The first-order valence-electron chi connectivity index (χ1n) is 5.60. The number of thiazole rings is 1. The summed E-state index contributed by atoms with van der Waals surface area (Å²) in [5.74, 6) is -0.964. The van der Waals surface area contributed by atoms with Gasteiger partial charge in [0.05, 0.1) is 12.3 Å². The number of carboxylic acids is 1. The van der Waals surface area contributed by atoms with E-state index in [2.05, 4.69) is 17.2 Å². The lowest BCUT2D eigenvalue weighted by Crippen LogP contribution is -2.48. The Bertz CT molecular complexity index is 399. The van der Waals surface area contributed by atoms with E-state index in [9.17, 15) is 4.79 Å². The highest BCUT2D eigenvalue weighted by Crippen LogP contribution is 2.19. The maximum Gasteiger partial charge on any atom is 0.365 e. The van der Waals surface area contributed by atoms with E-state index in [1.54, 1.807) is 5.38 Å². The Hall–Kier alpha value is -0.980. The lowest BCUT2D eigenvalue weighted by molar-refractivity contribution is 0.0276. The van der Waals surface area contributed by atoms with Crippen LogP contribution in [0.3, 0.4) is 0 Å². The number of rotatable bonds is 4. The molecule has 0 spiro atoms. The Balaban J connectivity index is 1.90. The zero-order valence-electron chi connectivity index (χ0n) is 9.73. The van der Waals surface area contributed by atoms with Gasteiger partial charge in [-0.1, -0.05) is 0 Å². The fourth-order valence-corrected chi connectivity index (χ4v) is 2.52. The molecule has 1 atom stereocenters. The Labute approximate surface area is 104 Å². The molecule has 17 heavy (non-hydrogen) atoms. The van der Waals surface area contributed by atoms with Gasteiger partial charge in [-0.3, -0.25) is 0 Å². The topological polar surface area (TPSA) is 71.5 Å². The molecule has 6 heteroatoms. The largest absolute Gasteiger partial charge is 0.476 e. The maximum absolute atomic E-state index is 10.7. The number of carboxylic acid groups (broad SMARTS) is 1. The molecule has 1 aliphatic rings. The number of carbonyl (C=O) groups is 1. The average molecular weight is 256 g/mol. The van der Waals surface area contributed by atoms with E-state index in [0.29, 0.717) is 13.2 Å². The van der Waals surface area contributed by atoms with E-state index in [4.69, 9.17) is 9.84 Å². The van der Waals surface area contributed by atoms with Crippen molar-refractivity contribution in [1.82, 2.24) is 10.3 Å². The minimum absolute atomic E-state index is 0.0226. The highest BCUT2D eigenvalue weighted by atomic mass is 32.1. The van der Waals surface area contributed by atoms with Gasteiger partial charge in [-0.05, 0) is 19.8 Å². The van der Waals surface area contributed by atoms with Crippen LogP contribution in [0.4, 0.5) is 0 Å². The van der Waals surface area contributed by atoms with Crippen LogP contribution in [-0.4, -0.2) is 34.8 Å². The summed E-state index contributed by atoms with van der Waals surface area (Å²) in [5, 5.41) is 14.1. The zero-order valence-corrected chi connectivity index (χ0v) is 10.5. The molecule has 94 valence electrons. The van der Waals surface area contributed by atoms with Crippen molar-refractivity contribution in [2.75, 3.05) is 13.2 Å². The van der Waals surface area contributed by atoms with Crippen LogP contribution in [0.5, 0.6) is 0 Å². The van der Waals surface area contributed by atoms with E-state index in [1.165, 1.54) is 0 Å². The smallest absolute Gasteiger partial charge is 0.365 e. The minimum atomic E-state index is -0.964. The van der Waals surface area contributed by atoms with Crippen LogP contribution in [0.15, 0.2) is 5.38 Å². The minimum Gasteiger partial charge on any atom is -0.476 e. The molecule has 1 unspecified atom stereocenters. The maximum atomic E-state index is 10.7. The standard InChI is InChI=1S/C11H16N2O3S/c1-11(3-2-4-16-7-11)12-5-8-6-17-9(13-8)10(14)15/h6,12H,2-5,7H2,1H3,(H,14,15). The second kappa shape index (κ2) is 5.12. The van der Waals surface area contributed by atoms with Crippen LogP contribution in [-0.2, 0) is 11.3 Å². The Kier molecular flexibility index (Phi) is 3.76. The van der Waals surface area contributed by atoms with Crippen LogP contribution < -0.4 is 5.32 Å². The van der Waals surface area contributed by atoms with Gasteiger partial charge in [-0.25, -0.2) is 9.78 Å². The molecular weight excluding hydrogens is 240 g/mol. The molecule has 0 saturated carbocycles. The highest BCUT2D eigenvalue weighted by Gasteiger charge is 2.27. The summed E-state index contributed by atoms with van der Waals surface area (Å²) in [7, 11) is 0. The SMILES string of the molecule is CC1(NCc2csc(C(=O)O)n2)CCCOC1. The van der Waals surface area contributed by atoms with Crippen molar-refractivity contribution in [2.24, 2.45) is 0 Å². The summed E-state index contributed by atoms with van der Waals surface area (Å²) in [6.07, 6.45) is 2.13. The van der Waals surface area contributed by atoms with Crippen molar-refractivity contribution >= 4 is 17.3 Å². The zero-order chi connectivity index (χ0) is 12.3. The Morgan fingerprint density at radius 2 is 2.59 bits per heavy atom. The van der Waals surface area contributed by atoms with Gasteiger partial charge in [0.2, 0.25) is 5.01 Å². The van der Waals surface area contributed by atoms with E-state index in [0.717, 1.165) is 36.5 Å². The predicted molar refractivity (Wildman–Crippen MR) is 64.4 cm³/mol. The van der Waals surface area contributed by atoms with Crippen LogP contribution in [0, 0.1) is 0 Å². The van der Waals surface area contributed by atoms with E-state index >= 15 is 0 Å². The molecule has 1 saturated heterocycles. The predicted octanol–water partition coefficient (Wildman–Crippen LogP) is 1.50. The molecule has 5 nitrogen and oxygen atoms in total. The van der Waals surface area contributed by atoms with Gasteiger partial charge in [-0.15, -0.1) is 11.3 Å². The molecule has 1 fully saturated rings. The number of aromatic nitrogens is 1. The van der Waals surface area contributed by atoms with Crippen LogP contribution in [0.1, 0.15) is 35.3 Å². The number of nitrogens with zero attached hydrogens (tertiary/aromatic N) is 1. The molecule has 0 bridgehead atoms. The molecule has 2 N–H and O–H groups in total. The quantitative estimate of drug-likeness (QED) is 0.854. The third-order valence-electron chi connectivity index (χ3n) is 2.87. The van der Waals surface area contributed by atoms with E-state index < -0.39 is 5.97 Å². The van der Waals surface area contributed by atoms with Gasteiger partial charge in [0.1, 0.15) is 0 Å². The third-order valence-corrected chi connectivity index (χ3v) is 3.75. The fraction of sp³-hybridized carbons (Fsp3) is 0.636. The molecular formula is C11H16N2O3S. The molecule has 2 rings (SSSR count). The summed E-state index contributed by atoms with van der Waals surface area (Å²) >= 11 is 1.16. The summed E-state index contributed by atoms with van der Waals surface area (Å²) < 4.78 is 5.44. The van der Waals surface area contributed by atoms with Crippen molar-refractivity contribution < 1.29 is 14.6 Å². The van der Waals surface area contributed by atoms with Gasteiger partial charge >= 0.3 is 5.97 Å². The Morgan fingerprint density at radius 1 is 1.76 bits per heavy atom. The van der Waals surface area contributed by atoms with E-state index in [1.807, 2.05) is 0 Å². The van der Waals surface area contributed by atoms with E-state index in [-0.39, 0.29) is 10.5 Å². The molecule has 0 aromatic carbocycles. The number of ether oxygens (including phenoxy) is 1. The van der Waals surface area contributed by atoms with Crippen molar-refractivity contribution in [3.8, 4) is 0 Å². The Morgan fingerprint density at radius 3 is 3.18 bits per heavy atom. The number of nitrogens with one attached hydrogen (secondary N) is 1. The van der Waals surface area contributed by atoms with Gasteiger partial charge < -0.3 is 15.2 Å². The van der Waals surface area contributed by atoms with Gasteiger partial charge in [0, 0.05) is 24.1 Å². The van der Waals surface area contributed by atoms with Crippen molar-refractivity contribution in [3.63, 3.8) is 0 Å². The summed E-state index contributed by atoms with van der Waals surface area (Å²) in [4.78, 5) is 14.7. The molecule has 0 radical (unpaired) electrons. The van der Waals surface area contributed by atoms with Gasteiger partial charge in [0.15, 0.2) is 0 Å². The third kappa shape index (κ3) is 3.24. The summed E-state index contributed by atoms with van der Waals surface area (Å²) in [5.41, 5.74) is 0.754. The molecule has 2 heterocycles. The highest BCUT2D eigenvalue weighted by molar-refractivity contribution is 7.11. The normalized spacial score (nSPS) is 24.8. The lowest BCUT2D eigenvalue weighted by atomic mass is 9.95. The van der Waals surface area contributed by atoms with Crippen LogP contribution in [0.25, 0.3) is 0 Å². The van der Waals surface area contributed by atoms with Crippen LogP contribution >= 0.6 is 11.3 Å². The first-order chi connectivity index (χ1) is 8.09. The number of aromatic carboxylic acids is 1. The first kappa shape index (κ1) is 12.5. The lowest BCUT2D eigenvalue weighted by Gasteiger charge is -2.34. The van der Waals surface area contributed by atoms with Crippen molar-refractivity contribution in [2.45, 2.75) is 31.8 Å². The van der Waals surface area contributed by atoms with Gasteiger partial charge in [-0.2, -0.15) is 0 Å². The average Bonchev–Trinajstić information content (AvgIpc) is 2.76. The van der Waals surface area contributed by atoms with Gasteiger partial charge in [0.25, 0.3) is 0 Å². The number of hydrogen-bond donors (Lipinski definition) is 2. The monoisotopic (exact) mass is 256 g/mol. The molecule has 0 aliphatic carbocycles. The molecule has 1 aliphatic heterocycles. The van der Waals surface area contributed by atoms with Crippen LogP contribution in [0.2, 0.25) is 0 Å². The first-order valence-corrected chi connectivity index (χ1v) is 6.47. The second-order valence-corrected chi connectivity index (χ2v) is 5.38. The summed E-state index contributed by atoms with van der Waals surface area (Å²) in [6.45, 7) is 4.24. The fourth-order valence-electron chi connectivity index (χ4n) is 1.86.